The lowest BCUT2D eigenvalue weighted by molar-refractivity contribution is 0.0936. The molecule has 0 radical (unpaired) electrons. The monoisotopic (exact) mass is 326 g/mol. The largest absolute Gasteiger partial charge is 0.507 e. The highest BCUT2D eigenvalue weighted by Crippen LogP contribution is 2.29. The minimum Gasteiger partial charge on any atom is -0.507 e. The average Bonchev–Trinajstić information content (AvgIpc) is 3.09. The Labute approximate surface area is 140 Å². The molecule has 5 heteroatoms. The first-order chi connectivity index (χ1) is 11.6. The number of hydrogen-bond donors (Lipinski definition) is 2. The maximum absolute atomic E-state index is 12.5. The Morgan fingerprint density at radius 3 is 2.58 bits per heavy atom. The molecule has 1 aromatic heterocycles. The molecule has 0 unspecified atom stereocenters. The Kier molecular flexibility index (Phi) is 4.69. The van der Waals surface area contributed by atoms with Crippen LogP contribution in [0.4, 0.5) is 0 Å². The van der Waals surface area contributed by atoms with Crippen molar-refractivity contribution in [2.24, 2.45) is 0 Å². The van der Waals surface area contributed by atoms with E-state index in [0.717, 1.165) is 37.3 Å². The van der Waals surface area contributed by atoms with Crippen LogP contribution >= 0.6 is 0 Å². The van der Waals surface area contributed by atoms with Crippen LogP contribution in [-0.2, 0) is 0 Å². The summed E-state index contributed by atoms with van der Waals surface area (Å²) in [5.41, 5.74) is 0.866. The van der Waals surface area contributed by atoms with Crippen LogP contribution in [0.2, 0.25) is 0 Å². The Morgan fingerprint density at radius 1 is 1.25 bits per heavy atom. The van der Waals surface area contributed by atoms with E-state index in [1.54, 1.807) is 4.57 Å². The fourth-order valence-electron chi connectivity index (χ4n) is 3.28. The van der Waals surface area contributed by atoms with Crippen LogP contribution in [0, 0.1) is 0 Å². The predicted octanol–water partition coefficient (Wildman–Crippen LogP) is 3.16. The number of hydrogen-bond acceptors (Lipinski definition) is 3. The van der Waals surface area contributed by atoms with Crippen LogP contribution in [0.5, 0.6) is 5.75 Å². The molecule has 1 heterocycles. The van der Waals surface area contributed by atoms with Crippen molar-refractivity contribution in [1.82, 2.24) is 9.88 Å². The molecule has 1 amide bonds. The van der Waals surface area contributed by atoms with E-state index in [4.69, 9.17) is 0 Å². The van der Waals surface area contributed by atoms with E-state index in [2.05, 4.69) is 5.32 Å². The normalized spacial score (nSPS) is 16.0. The van der Waals surface area contributed by atoms with Gasteiger partial charge in [-0.3, -0.25) is 9.59 Å². The molecule has 2 N–H and O–H groups in total. The lowest BCUT2D eigenvalue weighted by Crippen LogP contribution is -2.29. The molecule has 1 aliphatic carbocycles. The number of pyridine rings is 1. The summed E-state index contributed by atoms with van der Waals surface area (Å²) in [5.74, 6) is -0.650. The maximum atomic E-state index is 12.5. The van der Waals surface area contributed by atoms with Crippen molar-refractivity contribution in [3.05, 3.63) is 64.1 Å². The summed E-state index contributed by atoms with van der Waals surface area (Å²) in [6.45, 7) is 1.89. The third-order valence-corrected chi connectivity index (χ3v) is 4.67. The number of carbonyl (C=O) groups is 1. The first-order valence-electron chi connectivity index (χ1n) is 8.37. The van der Waals surface area contributed by atoms with Gasteiger partial charge in [0.05, 0.1) is 11.6 Å². The average molecular weight is 326 g/mol. The van der Waals surface area contributed by atoms with Crippen LogP contribution < -0.4 is 10.9 Å². The van der Waals surface area contributed by atoms with Crippen LogP contribution in [0.3, 0.4) is 0 Å². The molecule has 126 valence electrons. The molecule has 0 aliphatic heterocycles. The van der Waals surface area contributed by atoms with E-state index < -0.39 is 0 Å². The van der Waals surface area contributed by atoms with Gasteiger partial charge in [-0.2, -0.15) is 0 Å². The van der Waals surface area contributed by atoms with E-state index in [1.807, 2.05) is 37.3 Å². The van der Waals surface area contributed by atoms with Crippen LogP contribution in [0.25, 0.3) is 0 Å². The van der Waals surface area contributed by atoms with Crippen LogP contribution in [0.1, 0.15) is 60.6 Å². The molecule has 0 saturated heterocycles. The Bertz CT molecular complexity index is 777. The zero-order valence-electron chi connectivity index (χ0n) is 13.7. The second kappa shape index (κ2) is 6.91. The summed E-state index contributed by atoms with van der Waals surface area (Å²) in [4.78, 5) is 24.7. The van der Waals surface area contributed by atoms with Crippen molar-refractivity contribution in [3.8, 4) is 5.75 Å². The summed E-state index contributed by atoms with van der Waals surface area (Å²) < 4.78 is 1.59. The number of aromatic nitrogens is 1. The van der Waals surface area contributed by atoms with E-state index in [-0.39, 0.29) is 34.9 Å². The lowest BCUT2D eigenvalue weighted by Gasteiger charge is -2.18. The first-order valence-corrected chi connectivity index (χ1v) is 8.37. The van der Waals surface area contributed by atoms with Gasteiger partial charge in [-0.05, 0) is 25.3 Å². The van der Waals surface area contributed by atoms with Crippen molar-refractivity contribution >= 4 is 5.91 Å². The summed E-state index contributed by atoms with van der Waals surface area (Å²) in [6.07, 6.45) is 5.55. The quantitative estimate of drug-likeness (QED) is 0.906. The van der Waals surface area contributed by atoms with Crippen molar-refractivity contribution in [1.29, 1.82) is 0 Å². The Morgan fingerprint density at radius 2 is 1.92 bits per heavy atom. The highest BCUT2D eigenvalue weighted by atomic mass is 16.3. The molecule has 1 fully saturated rings. The first kappa shape index (κ1) is 16.3. The molecule has 1 aromatic carbocycles. The number of nitrogens with zero attached hydrogens (tertiary/aromatic N) is 1. The van der Waals surface area contributed by atoms with Gasteiger partial charge in [-0.1, -0.05) is 43.2 Å². The zero-order chi connectivity index (χ0) is 17.1. The van der Waals surface area contributed by atoms with Crippen molar-refractivity contribution in [2.45, 2.75) is 44.7 Å². The van der Waals surface area contributed by atoms with Gasteiger partial charge < -0.3 is 15.0 Å². The van der Waals surface area contributed by atoms with Crippen LogP contribution in [0.15, 0.2) is 47.4 Å². The fraction of sp³-hybridized carbons (Fsp3) is 0.368. The van der Waals surface area contributed by atoms with Gasteiger partial charge in [0.25, 0.3) is 11.5 Å². The summed E-state index contributed by atoms with van der Waals surface area (Å²) in [7, 11) is 0. The van der Waals surface area contributed by atoms with Crippen molar-refractivity contribution < 1.29 is 9.90 Å². The standard InChI is InChI=1S/C19H22N2O3/c1-13(14-7-3-2-4-8-14)20-19(24)16-12-21(15-9-5-6-10-15)18(23)11-17(16)22/h2-4,7-8,11-13,15,22H,5-6,9-10H2,1H3,(H,20,24)/t13-/m0/s1. The summed E-state index contributed by atoms with van der Waals surface area (Å²) in [6, 6.07) is 10.7. The maximum Gasteiger partial charge on any atom is 0.257 e. The predicted molar refractivity (Wildman–Crippen MR) is 92.2 cm³/mol. The fourth-order valence-corrected chi connectivity index (χ4v) is 3.28. The third-order valence-electron chi connectivity index (χ3n) is 4.67. The highest BCUT2D eigenvalue weighted by Gasteiger charge is 2.22. The number of benzene rings is 1. The van der Waals surface area contributed by atoms with Gasteiger partial charge in [0.2, 0.25) is 0 Å². The minimum atomic E-state index is -0.379. The molecular weight excluding hydrogens is 304 g/mol. The van der Waals surface area contributed by atoms with Gasteiger partial charge in [0.1, 0.15) is 5.75 Å². The second-order valence-corrected chi connectivity index (χ2v) is 6.36. The van der Waals surface area contributed by atoms with E-state index in [9.17, 15) is 14.7 Å². The van der Waals surface area contributed by atoms with Crippen molar-refractivity contribution in [2.75, 3.05) is 0 Å². The minimum absolute atomic E-state index is 0.121. The van der Waals surface area contributed by atoms with E-state index in [1.165, 1.54) is 6.20 Å². The molecule has 1 aliphatic rings. The lowest BCUT2D eigenvalue weighted by atomic mass is 10.1. The molecule has 2 aromatic rings. The highest BCUT2D eigenvalue weighted by molar-refractivity contribution is 5.96. The topological polar surface area (TPSA) is 71.3 Å². The Balaban J connectivity index is 1.84. The van der Waals surface area contributed by atoms with Gasteiger partial charge >= 0.3 is 0 Å². The molecule has 5 nitrogen and oxygen atoms in total. The van der Waals surface area contributed by atoms with Crippen molar-refractivity contribution in [3.63, 3.8) is 0 Å². The van der Waals surface area contributed by atoms with E-state index >= 15 is 0 Å². The smallest absolute Gasteiger partial charge is 0.257 e. The summed E-state index contributed by atoms with van der Waals surface area (Å²) >= 11 is 0. The van der Waals surface area contributed by atoms with E-state index in [0.29, 0.717) is 0 Å². The SMILES string of the molecule is C[C@H](NC(=O)c1cn(C2CCCC2)c(=O)cc1O)c1ccccc1. The zero-order valence-corrected chi connectivity index (χ0v) is 13.7. The molecule has 0 spiro atoms. The molecule has 3 rings (SSSR count). The number of amides is 1. The van der Waals surface area contributed by atoms with Gasteiger partial charge in [-0.25, -0.2) is 0 Å². The molecular formula is C19H22N2O3. The number of nitrogens with one attached hydrogen (secondary N) is 1. The summed E-state index contributed by atoms with van der Waals surface area (Å²) in [5, 5.41) is 12.9. The molecule has 0 bridgehead atoms. The third kappa shape index (κ3) is 3.35. The van der Waals surface area contributed by atoms with Crippen LogP contribution in [-0.4, -0.2) is 15.6 Å². The van der Waals surface area contributed by atoms with Gasteiger partial charge in [0.15, 0.2) is 0 Å². The second-order valence-electron chi connectivity index (χ2n) is 6.36. The number of rotatable bonds is 4. The molecule has 1 atom stereocenters. The number of aromatic hydroxyl groups is 1. The van der Waals surface area contributed by atoms with Gasteiger partial charge in [-0.15, -0.1) is 0 Å². The number of carbonyl (C=O) groups excluding carboxylic acids is 1. The van der Waals surface area contributed by atoms with Gasteiger partial charge in [0, 0.05) is 18.3 Å². The molecule has 24 heavy (non-hydrogen) atoms. The Hall–Kier alpha value is -2.56. The molecule has 1 saturated carbocycles.